The van der Waals surface area contributed by atoms with Crippen LogP contribution in [0.4, 0.5) is 17.6 Å². The summed E-state index contributed by atoms with van der Waals surface area (Å²) in [5, 5.41) is 17.7. The molecule has 0 radical (unpaired) electrons. The van der Waals surface area contributed by atoms with E-state index in [1.165, 1.54) is 0 Å². The first-order chi connectivity index (χ1) is 15.1. The van der Waals surface area contributed by atoms with Gasteiger partial charge in [-0.05, 0) is 29.8 Å². The SMILES string of the molecule is N#C/C(=C\c1cnn(Cc2ccccc2Cl)c1)c1nc(N)nc(Nc2ccccc2)n1. The molecule has 0 aliphatic rings. The van der Waals surface area contributed by atoms with Crippen LogP contribution in [0.1, 0.15) is 17.0 Å². The van der Waals surface area contributed by atoms with Crippen LogP contribution in [-0.4, -0.2) is 24.7 Å². The van der Waals surface area contributed by atoms with Gasteiger partial charge in [0.2, 0.25) is 11.9 Å². The molecule has 0 saturated carbocycles. The minimum atomic E-state index is 0.0130. The van der Waals surface area contributed by atoms with Crippen molar-refractivity contribution in [2.75, 3.05) is 11.1 Å². The van der Waals surface area contributed by atoms with E-state index in [9.17, 15) is 5.26 Å². The number of nitrogens with zero attached hydrogens (tertiary/aromatic N) is 6. The van der Waals surface area contributed by atoms with Gasteiger partial charge in [0.1, 0.15) is 6.07 Å². The number of nitrogen functional groups attached to an aromatic ring is 1. The lowest BCUT2D eigenvalue weighted by Crippen LogP contribution is -2.06. The number of nitrogens with two attached hydrogens (primary N) is 1. The van der Waals surface area contributed by atoms with E-state index in [0.29, 0.717) is 11.6 Å². The summed E-state index contributed by atoms with van der Waals surface area (Å²) in [7, 11) is 0. The summed E-state index contributed by atoms with van der Waals surface area (Å²) in [5.74, 6) is 0.440. The Labute approximate surface area is 183 Å². The fraction of sp³-hybridized carbons (Fsp3) is 0.0455. The molecule has 4 aromatic rings. The third kappa shape index (κ3) is 5.04. The Balaban J connectivity index is 1.58. The maximum absolute atomic E-state index is 9.67. The largest absolute Gasteiger partial charge is 0.368 e. The van der Waals surface area contributed by atoms with E-state index in [-0.39, 0.29) is 23.3 Å². The highest BCUT2D eigenvalue weighted by Gasteiger charge is 2.11. The van der Waals surface area contributed by atoms with Gasteiger partial charge in [0.25, 0.3) is 0 Å². The summed E-state index contributed by atoms with van der Waals surface area (Å²) < 4.78 is 1.74. The molecule has 2 aromatic heterocycles. The van der Waals surface area contributed by atoms with Crippen molar-refractivity contribution >= 4 is 40.8 Å². The highest BCUT2D eigenvalue weighted by atomic mass is 35.5. The van der Waals surface area contributed by atoms with Crippen molar-refractivity contribution in [3.8, 4) is 6.07 Å². The molecule has 0 saturated heterocycles. The van der Waals surface area contributed by atoms with E-state index in [1.807, 2.05) is 60.8 Å². The van der Waals surface area contributed by atoms with Crippen molar-refractivity contribution in [2.45, 2.75) is 6.54 Å². The van der Waals surface area contributed by atoms with Crippen molar-refractivity contribution in [3.63, 3.8) is 0 Å². The fourth-order valence-corrected chi connectivity index (χ4v) is 3.07. The van der Waals surface area contributed by atoms with Gasteiger partial charge in [0.05, 0.1) is 18.3 Å². The molecule has 3 N–H and O–H groups in total. The smallest absolute Gasteiger partial charge is 0.232 e. The molecule has 0 spiro atoms. The Hall–Kier alpha value is -4.22. The van der Waals surface area contributed by atoms with Crippen LogP contribution in [0.25, 0.3) is 11.6 Å². The standard InChI is InChI=1S/C22H17ClN8/c23-19-9-5-4-6-16(19)14-31-13-15(12-26-31)10-17(11-24)20-28-21(25)30-22(29-20)27-18-7-2-1-3-8-18/h1-10,12-13H,14H2,(H3,25,27,28,29,30)/b17-10+. The second-order valence-corrected chi connectivity index (χ2v) is 6.97. The topological polar surface area (TPSA) is 118 Å². The lowest BCUT2D eigenvalue weighted by molar-refractivity contribution is 0.687. The fourth-order valence-electron chi connectivity index (χ4n) is 2.87. The van der Waals surface area contributed by atoms with Gasteiger partial charge in [0, 0.05) is 22.5 Å². The van der Waals surface area contributed by atoms with Crippen molar-refractivity contribution < 1.29 is 0 Å². The first-order valence-corrected chi connectivity index (χ1v) is 9.70. The van der Waals surface area contributed by atoms with Gasteiger partial charge < -0.3 is 11.1 Å². The second-order valence-electron chi connectivity index (χ2n) is 6.56. The molecule has 0 fully saturated rings. The first kappa shape index (κ1) is 20.1. The van der Waals surface area contributed by atoms with E-state index in [1.54, 1.807) is 17.0 Å². The van der Waals surface area contributed by atoms with Gasteiger partial charge in [-0.2, -0.15) is 25.3 Å². The molecule has 0 aliphatic heterocycles. The minimum Gasteiger partial charge on any atom is -0.368 e. The van der Waals surface area contributed by atoms with Gasteiger partial charge in [-0.3, -0.25) is 4.68 Å². The summed E-state index contributed by atoms with van der Waals surface area (Å²) in [4.78, 5) is 12.5. The molecule has 4 rings (SSSR count). The molecule has 9 heteroatoms. The Morgan fingerprint density at radius 1 is 1.10 bits per heavy atom. The zero-order valence-electron chi connectivity index (χ0n) is 16.3. The summed E-state index contributed by atoms with van der Waals surface area (Å²) in [6.45, 7) is 0.513. The Morgan fingerprint density at radius 3 is 2.65 bits per heavy atom. The lowest BCUT2D eigenvalue weighted by atomic mass is 10.2. The molecule has 0 aliphatic carbocycles. The molecular formula is C22H17ClN8. The zero-order valence-corrected chi connectivity index (χ0v) is 17.0. The van der Waals surface area contributed by atoms with Crippen molar-refractivity contribution in [1.29, 1.82) is 5.26 Å². The Morgan fingerprint density at radius 2 is 1.87 bits per heavy atom. The molecular weight excluding hydrogens is 412 g/mol. The molecule has 0 bridgehead atoms. The average molecular weight is 429 g/mol. The number of para-hydroxylation sites is 1. The number of hydrogen-bond acceptors (Lipinski definition) is 7. The number of nitriles is 1. The summed E-state index contributed by atoms with van der Waals surface area (Å²) in [5.41, 5.74) is 8.54. The highest BCUT2D eigenvalue weighted by Crippen LogP contribution is 2.20. The minimum absolute atomic E-state index is 0.0130. The van der Waals surface area contributed by atoms with Crippen LogP contribution < -0.4 is 11.1 Å². The molecule has 0 atom stereocenters. The summed E-state index contributed by atoms with van der Waals surface area (Å²) in [6, 6.07) is 19.1. The summed E-state index contributed by atoms with van der Waals surface area (Å²) >= 11 is 6.22. The Kier molecular flexibility index (Phi) is 5.87. The number of benzene rings is 2. The normalized spacial score (nSPS) is 11.2. The maximum Gasteiger partial charge on any atom is 0.232 e. The van der Waals surface area contributed by atoms with Gasteiger partial charge in [-0.1, -0.05) is 48.0 Å². The number of hydrogen-bond donors (Lipinski definition) is 2. The van der Waals surface area contributed by atoms with Crippen LogP contribution in [0, 0.1) is 11.3 Å². The van der Waals surface area contributed by atoms with Crippen LogP contribution in [0.2, 0.25) is 5.02 Å². The highest BCUT2D eigenvalue weighted by molar-refractivity contribution is 6.31. The lowest BCUT2D eigenvalue weighted by Gasteiger charge is -2.06. The molecule has 2 heterocycles. The van der Waals surface area contributed by atoms with E-state index in [4.69, 9.17) is 17.3 Å². The molecule has 152 valence electrons. The first-order valence-electron chi connectivity index (χ1n) is 9.32. The Bertz CT molecular complexity index is 1270. The number of aromatic nitrogens is 5. The second kappa shape index (κ2) is 9.07. The molecule has 31 heavy (non-hydrogen) atoms. The van der Waals surface area contributed by atoms with Crippen LogP contribution in [0.3, 0.4) is 0 Å². The van der Waals surface area contributed by atoms with Crippen LogP contribution >= 0.6 is 11.6 Å². The van der Waals surface area contributed by atoms with E-state index in [2.05, 4.69) is 31.4 Å². The third-order valence-electron chi connectivity index (χ3n) is 4.30. The van der Waals surface area contributed by atoms with E-state index < -0.39 is 0 Å². The van der Waals surface area contributed by atoms with Crippen molar-refractivity contribution in [2.24, 2.45) is 0 Å². The zero-order chi connectivity index (χ0) is 21.6. The van der Waals surface area contributed by atoms with Gasteiger partial charge >= 0.3 is 0 Å². The average Bonchev–Trinajstić information content (AvgIpc) is 3.21. The van der Waals surface area contributed by atoms with Gasteiger partial charge in [-0.15, -0.1) is 0 Å². The molecule has 8 nitrogen and oxygen atoms in total. The predicted molar refractivity (Wildman–Crippen MR) is 120 cm³/mol. The number of anilines is 3. The van der Waals surface area contributed by atoms with Crippen LogP contribution in [-0.2, 0) is 6.54 Å². The predicted octanol–water partition coefficient (Wildman–Crippen LogP) is 4.16. The van der Waals surface area contributed by atoms with Gasteiger partial charge in [0.15, 0.2) is 5.82 Å². The van der Waals surface area contributed by atoms with Crippen LogP contribution in [0.5, 0.6) is 0 Å². The molecule has 2 aromatic carbocycles. The van der Waals surface area contributed by atoms with Crippen LogP contribution in [0.15, 0.2) is 67.0 Å². The number of nitrogens with one attached hydrogen (secondary N) is 1. The quantitative estimate of drug-likeness (QED) is 0.442. The third-order valence-corrected chi connectivity index (χ3v) is 4.67. The maximum atomic E-state index is 9.67. The van der Waals surface area contributed by atoms with E-state index >= 15 is 0 Å². The van der Waals surface area contributed by atoms with E-state index in [0.717, 1.165) is 16.8 Å². The van der Waals surface area contributed by atoms with Gasteiger partial charge in [-0.25, -0.2) is 0 Å². The number of halogens is 1. The number of allylic oxidation sites excluding steroid dienone is 1. The summed E-state index contributed by atoms with van der Waals surface area (Å²) in [6.07, 6.45) is 5.12. The molecule has 0 amide bonds. The molecule has 0 unspecified atom stereocenters. The monoisotopic (exact) mass is 428 g/mol. The number of rotatable bonds is 6. The van der Waals surface area contributed by atoms with Crippen molar-refractivity contribution in [1.82, 2.24) is 24.7 Å². The van der Waals surface area contributed by atoms with Crippen molar-refractivity contribution in [3.05, 3.63) is 89.0 Å².